The van der Waals surface area contributed by atoms with Crippen LogP contribution in [0.1, 0.15) is 35.6 Å². The summed E-state index contributed by atoms with van der Waals surface area (Å²) >= 11 is 0. The Morgan fingerprint density at radius 2 is 1.68 bits per heavy atom. The van der Waals surface area contributed by atoms with Crippen LogP contribution in [-0.2, 0) is 11.4 Å². The monoisotopic (exact) mass is 417 g/mol. The number of hydrogen-bond donors (Lipinski definition) is 1. The highest BCUT2D eigenvalue weighted by molar-refractivity contribution is 5.74. The van der Waals surface area contributed by atoms with Crippen molar-refractivity contribution in [3.8, 4) is 11.5 Å². The molecule has 3 aromatic rings. The molecular formula is C26H27NO4. The number of carbonyl (C=O) groups is 1. The Labute approximate surface area is 182 Å². The highest BCUT2D eigenvalue weighted by Crippen LogP contribution is 2.37. The maximum Gasteiger partial charge on any atom is 0.320 e. The number of aliphatic carboxylic acids is 1. The van der Waals surface area contributed by atoms with Crippen LogP contribution >= 0.6 is 0 Å². The van der Waals surface area contributed by atoms with E-state index in [-0.39, 0.29) is 6.04 Å². The summed E-state index contributed by atoms with van der Waals surface area (Å²) in [4.78, 5) is 14.0. The molecule has 31 heavy (non-hydrogen) atoms. The van der Waals surface area contributed by atoms with Crippen molar-refractivity contribution in [1.82, 2.24) is 4.90 Å². The Bertz CT molecular complexity index is 1020. The van der Waals surface area contributed by atoms with Gasteiger partial charge in [-0.1, -0.05) is 54.6 Å². The molecule has 1 aliphatic heterocycles. The average molecular weight is 418 g/mol. The Morgan fingerprint density at radius 3 is 2.35 bits per heavy atom. The third kappa shape index (κ3) is 4.89. The molecule has 0 bridgehead atoms. The second-order valence-electron chi connectivity index (χ2n) is 7.76. The third-order valence-corrected chi connectivity index (χ3v) is 5.74. The van der Waals surface area contributed by atoms with Gasteiger partial charge in [-0.3, -0.25) is 9.69 Å². The summed E-state index contributed by atoms with van der Waals surface area (Å²) in [6.45, 7) is 1.21. The molecule has 0 amide bonds. The predicted molar refractivity (Wildman–Crippen MR) is 119 cm³/mol. The summed E-state index contributed by atoms with van der Waals surface area (Å²) in [5.74, 6) is 0.743. The van der Waals surface area contributed by atoms with E-state index in [1.54, 1.807) is 7.11 Å². The van der Waals surface area contributed by atoms with Gasteiger partial charge < -0.3 is 14.6 Å². The summed E-state index contributed by atoms with van der Waals surface area (Å²) in [5, 5.41) is 9.80. The minimum absolute atomic E-state index is 0.195. The first-order valence-corrected chi connectivity index (χ1v) is 10.5. The van der Waals surface area contributed by atoms with Gasteiger partial charge in [0.2, 0.25) is 0 Å². The molecule has 1 saturated heterocycles. The van der Waals surface area contributed by atoms with Crippen molar-refractivity contribution in [3.05, 3.63) is 95.6 Å². The molecule has 4 rings (SSSR count). The molecule has 1 aliphatic rings. The first kappa shape index (κ1) is 20.9. The van der Waals surface area contributed by atoms with Crippen LogP contribution in [0.4, 0.5) is 0 Å². The van der Waals surface area contributed by atoms with Gasteiger partial charge in [0.15, 0.2) is 0 Å². The molecule has 0 spiro atoms. The summed E-state index contributed by atoms with van der Waals surface area (Å²) in [5.41, 5.74) is 3.11. The second-order valence-corrected chi connectivity index (χ2v) is 7.76. The minimum Gasteiger partial charge on any atom is -0.497 e. The molecule has 3 aromatic carbocycles. The van der Waals surface area contributed by atoms with Crippen molar-refractivity contribution >= 4 is 5.97 Å². The fourth-order valence-corrected chi connectivity index (χ4v) is 4.27. The van der Waals surface area contributed by atoms with Gasteiger partial charge in [0, 0.05) is 6.54 Å². The van der Waals surface area contributed by atoms with Crippen LogP contribution in [0.3, 0.4) is 0 Å². The molecule has 2 atom stereocenters. The van der Waals surface area contributed by atoms with Gasteiger partial charge in [0.05, 0.1) is 13.2 Å². The van der Waals surface area contributed by atoms with E-state index in [1.165, 1.54) is 0 Å². The Balaban J connectivity index is 1.67. The summed E-state index contributed by atoms with van der Waals surface area (Å²) in [7, 11) is 1.64. The van der Waals surface area contributed by atoms with E-state index in [9.17, 15) is 9.90 Å². The lowest BCUT2D eigenvalue weighted by Gasteiger charge is -2.32. The lowest BCUT2D eigenvalue weighted by Crippen LogP contribution is -2.39. The normalized spacial score (nSPS) is 17.3. The molecule has 1 heterocycles. The Kier molecular flexibility index (Phi) is 6.53. The van der Waals surface area contributed by atoms with Crippen LogP contribution in [0.2, 0.25) is 0 Å². The van der Waals surface area contributed by atoms with Crippen LogP contribution < -0.4 is 9.47 Å². The topological polar surface area (TPSA) is 59.0 Å². The third-order valence-electron chi connectivity index (χ3n) is 5.74. The van der Waals surface area contributed by atoms with Crippen molar-refractivity contribution in [2.75, 3.05) is 13.7 Å². The molecule has 0 aromatic heterocycles. The van der Waals surface area contributed by atoms with Crippen LogP contribution in [0.15, 0.2) is 78.9 Å². The zero-order valence-electron chi connectivity index (χ0n) is 17.6. The lowest BCUT2D eigenvalue weighted by molar-refractivity contribution is -0.142. The largest absolute Gasteiger partial charge is 0.497 e. The van der Waals surface area contributed by atoms with Gasteiger partial charge in [-0.15, -0.1) is 0 Å². The number of hydrogen-bond acceptors (Lipinski definition) is 4. The van der Waals surface area contributed by atoms with Crippen molar-refractivity contribution in [3.63, 3.8) is 0 Å². The Morgan fingerprint density at radius 1 is 1.00 bits per heavy atom. The van der Waals surface area contributed by atoms with Crippen LogP contribution in [0, 0.1) is 0 Å². The van der Waals surface area contributed by atoms with Crippen molar-refractivity contribution in [1.29, 1.82) is 0 Å². The van der Waals surface area contributed by atoms with Gasteiger partial charge >= 0.3 is 5.97 Å². The highest BCUT2D eigenvalue weighted by atomic mass is 16.5. The number of carboxylic acids is 1. The zero-order valence-corrected chi connectivity index (χ0v) is 17.6. The fraction of sp³-hybridized carbons (Fsp3) is 0.269. The molecule has 160 valence electrons. The average Bonchev–Trinajstić information content (AvgIpc) is 3.29. The summed E-state index contributed by atoms with van der Waals surface area (Å²) < 4.78 is 11.5. The van der Waals surface area contributed by atoms with Gasteiger partial charge in [-0.2, -0.15) is 0 Å². The summed E-state index contributed by atoms with van der Waals surface area (Å²) in [6.07, 6.45) is 1.52. The van der Waals surface area contributed by atoms with Crippen molar-refractivity contribution in [2.45, 2.75) is 31.5 Å². The van der Waals surface area contributed by atoms with Crippen LogP contribution in [0.25, 0.3) is 0 Å². The van der Waals surface area contributed by atoms with E-state index >= 15 is 0 Å². The number of ether oxygens (including phenoxy) is 2. The van der Waals surface area contributed by atoms with Gasteiger partial charge in [0.1, 0.15) is 24.1 Å². The van der Waals surface area contributed by atoms with E-state index < -0.39 is 12.0 Å². The van der Waals surface area contributed by atoms with Gasteiger partial charge in [0.25, 0.3) is 0 Å². The molecule has 1 fully saturated rings. The number of rotatable bonds is 8. The molecule has 2 unspecified atom stereocenters. The first-order valence-electron chi connectivity index (χ1n) is 10.5. The lowest BCUT2D eigenvalue weighted by atomic mass is 9.95. The van der Waals surface area contributed by atoms with E-state index in [0.717, 1.165) is 41.2 Å². The maximum atomic E-state index is 11.9. The smallest absolute Gasteiger partial charge is 0.320 e. The molecule has 0 radical (unpaired) electrons. The van der Waals surface area contributed by atoms with Crippen LogP contribution in [0.5, 0.6) is 11.5 Å². The number of methoxy groups -OCH3 is 1. The minimum atomic E-state index is -0.776. The number of likely N-dealkylation sites (tertiary alicyclic amines) is 1. The van der Waals surface area contributed by atoms with Gasteiger partial charge in [-0.05, 0) is 53.8 Å². The maximum absolute atomic E-state index is 11.9. The standard InChI is InChI=1S/C26H27NO4/c1-30-22-12-5-10-20(16-22)25(27-15-7-14-24(27)26(28)29)21-11-6-13-23(17-21)31-18-19-8-3-2-4-9-19/h2-6,8-13,16-17,24-25H,7,14-15,18H2,1H3,(H,28,29). The van der Waals surface area contributed by atoms with Gasteiger partial charge in [-0.25, -0.2) is 0 Å². The highest BCUT2D eigenvalue weighted by Gasteiger charge is 2.37. The predicted octanol–water partition coefficient (Wildman–Crippen LogP) is 4.91. The number of carboxylic acid groups (broad SMARTS) is 1. The van der Waals surface area contributed by atoms with E-state index in [1.807, 2.05) is 78.9 Å². The number of benzene rings is 3. The quantitative estimate of drug-likeness (QED) is 0.564. The molecule has 1 N–H and O–H groups in total. The molecular weight excluding hydrogens is 390 g/mol. The molecule has 0 aliphatic carbocycles. The van der Waals surface area contributed by atoms with Crippen molar-refractivity contribution in [2.24, 2.45) is 0 Å². The van der Waals surface area contributed by atoms with E-state index in [4.69, 9.17) is 9.47 Å². The number of nitrogens with zero attached hydrogens (tertiary/aromatic N) is 1. The second kappa shape index (κ2) is 9.67. The summed E-state index contributed by atoms with van der Waals surface area (Å²) in [6, 6.07) is 25.2. The fourth-order valence-electron chi connectivity index (χ4n) is 4.27. The molecule has 0 saturated carbocycles. The van der Waals surface area contributed by atoms with E-state index in [0.29, 0.717) is 13.0 Å². The molecule has 5 nitrogen and oxygen atoms in total. The zero-order chi connectivity index (χ0) is 21.6. The molecule has 5 heteroatoms. The van der Waals surface area contributed by atoms with E-state index in [2.05, 4.69) is 4.90 Å². The first-order chi connectivity index (χ1) is 15.2. The van der Waals surface area contributed by atoms with Crippen LogP contribution in [-0.4, -0.2) is 35.7 Å². The van der Waals surface area contributed by atoms with Crippen molar-refractivity contribution < 1.29 is 19.4 Å². The SMILES string of the molecule is COc1cccc(C(c2cccc(OCc3ccccc3)c2)N2CCCC2C(=O)O)c1. The Hall–Kier alpha value is -3.31.